The minimum atomic E-state index is -0.813. The number of halogens is 1. The molecule has 6 heteroatoms. The van der Waals surface area contributed by atoms with E-state index in [-0.39, 0.29) is 4.86 Å². The van der Waals surface area contributed by atoms with Gasteiger partial charge in [-0.15, -0.1) is 10.5 Å². The van der Waals surface area contributed by atoms with Crippen molar-refractivity contribution < 1.29 is 19.1 Å². The molecule has 0 radical (unpaired) electrons. The van der Waals surface area contributed by atoms with Gasteiger partial charge in [0.25, 0.3) is 0 Å². The van der Waals surface area contributed by atoms with Crippen molar-refractivity contribution >= 4 is 38.9 Å². The van der Waals surface area contributed by atoms with Gasteiger partial charge in [-0.2, -0.15) is 0 Å². The molecule has 0 amide bonds. The molecule has 25 heavy (non-hydrogen) atoms. The smallest absolute Gasteiger partial charge is 0.351 e. The average molecular weight is 379 g/mol. The molecule has 0 fully saturated rings. The van der Waals surface area contributed by atoms with Crippen LogP contribution < -0.4 is 0 Å². The highest BCUT2D eigenvalue weighted by molar-refractivity contribution is 8.18. The summed E-state index contributed by atoms with van der Waals surface area (Å²) in [5, 5.41) is 0.545. The van der Waals surface area contributed by atoms with E-state index in [1.54, 1.807) is 18.2 Å². The van der Waals surface area contributed by atoms with E-state index in [4.69, 9.17) is 21.1 Å². The van der Waals surface area contributed by atoms with Crippen LogP contribution in [0, 0.1) is 0 Å². The third-order valence-electron chi connectivity index (χ3n) is 3.51. The molecule has 2 rings (SSSR count). The Bertz CT molecular complexity index is 769. The fraction of sp³-hybridized carbons (Fsp3) is 0.211. The van der Waals surface area contributed by atoms with Crippen molar-refractivity contribution in [1.82, 2.24) is 0 Å². The number of rotatable bonds is 6. The Morgan fingerprint density at radius 3 is 2.16 bits per heavy atom. The number of methoxy groups -OCH3 is 2. The summed E-state index contributed by atoms with van der Waals surface area (Å²) in [5.41, 5.74) is 1.12. The minimum Gasteiger partial charge on any atom is -0.465 e. The number of aryl methyl sites for hydroxylation is 1. The standard InChI is InChI=1S/C19H19ClO4S/c1-23-18(21)17(19(22)24-2)25(16-10-6-9-15(20)13-16)12-11-14-7-4-3-5-8-14/h3-10,13H,11-12H2,1-2H3. The molecule has 2 aromatic rings. The van der Waals surface area contributed by atoms with Crippen LogP contribution in [0.5, 0.6) is 0 Å². The Morgan fingerprint density at radius 1 is 0.960 bits per heavy atom. The van der Waals surface area contributed by atoms with Crippen LogP contribution in [0.25, 0.3) is 0 Å². The summed E-state index contributed by atoms with van der Waals surface area (Å²) in [6.45, 7) is 0. The Hall–Kier alpha value is -2.11. The van der Waals surface area contributed by atoms with Crippen molar-refractivity contribution in [2.45, 2.75) is 11.3 Å². The maximum atomic E-state index is 12.2. The average Bonchev–Trinajstić information content (AvgIpc) is 2.64. The van der Waals surface area contributed by atoms with E-state index in [0.29, 0.717) is 17.2 Å². The van der Waals surface area contributed by atoms with Gasteiger partial charge >= 0.3 is 11.9 Å². The first-order valence-corrected chi connectivity index (χ1v) is 9.38. The first-order valence-electron chi connectivity index (χ1n) is 7.60. The number of hydrogen-bond acceptors (Lipinski definition) is 4. The van der Waals surface area contributed by atoms with Gasteiger partial charge < -0.3 is 9.47 Å². The van der Waals surface area contributed by atoms with Crippen LogP contribution >= 0.6 is 22.1 Å². The number of benzene rings is 2. The summed E-state index contributed by atoms with van der Waals surface area (Å²) in [4.78, 5) is 25.3. The third-order valence-corrected chi connectivity index (χ3v) is 6.00. The maximum absolute atomic E-state index is 12.2. The lowest BCUT2D eigenvalue weighted by Gasteiger charge is -2.15. The van der Waals surface area contributed by atoms with Crippen molar-refractivity contribution in [2.75, 3.05) is 20.0 Å². The monoisotopic (exact) mass is 378 g/mol. The minimum absolute atomic E-state index is 0.00296. The molecule has 132 valence electrons. The van der Waals surface area contributed by atoms with Gasteiger partial charge in [-0.1, -0.05) is 48.0 Å². The molecule has 0 saturated heterocycles. The second-order valence-electron chi connectivity index (χ2n) is 5.10. The van der Waals surface area contributed by atoms with Gasteiger partial charge in [0.15, 0.2) is 4.86 Å². The Labute approximate surface area is 154 Å². The van der Waals surface area contributed by atoms with Gasteiger partial charge in [-0.05, 0) is 35.9 Å². The number of hydrogen-bond donors (Lipinski definition) is 0. The molecule has 4 nitrogen and oxygen atoms in total. The summed E-state index contributed by atoms with van der Waals surface area (Å²) in [6, 6.07) is 17.0. The van der Waals surface area contributed by atoms with Crippen LogP contribution in [0.3, 0.4) is 0 Å². The van der Waals surface area contributed by atoms with Crippen LogP contribution in [-0.4, -0.2) is 36.8 Å². The highest BCUT2D eigenvalue weighted by Gasteiger charge is 2.25. The summed E-state index contributed by atoms with van der Waals surface area (Å²) in [5.74, 6) is -0.782. The molecule has 1 unspecified atom stereocenters. The molecule has 1 atom stereocenters. The van der Waals surface area contributed by atoms with Gasteiger partial charge in [-0.3, -0.25) is 0 Å². The van der Waals surface area contributed by atoms with Gasteiger partial charge in [0.1, 0.15) is 0 Å². The van der Waals surface area contributed by atoms with Crippen molar-refractivity contribution in [3.63, 3.8) is 0 Å². The van der Waals surface area contributed by atoms with Gasteiger partial charge in [0.05, 0.1) is 14.2 Å². The fourth-order valence-corrected chi connectivity index (χ4v) is 4.74. The number of ether oxygens (including phenoxy) is 2. The molecule has 0 heterocycles. The second-order valence-corrected chi connectivity index (χ2v) is 7.61. The normalized spacial score (nSPS) is 11.5. The summed E-state index contributed by atoms with van der Waals surface area (Å²) in [7, 11) is 1.69. The molecule has 0 N–H and O–H groups in total. The largest absolute Gasteiger partial charge is 0.465 e. The van der Waals surface area contributed by atoms with Crippen LogP contribution in [0.1, 0.15) is 5.56 Å². The molecule has 0 aliphatic carbocycles. The molecule has 0 aromatic heterocycles. The highest BCUT2D eigenvalue weighted by Crippen LogP contribution is 2.32. The van der Waals surface area contributed by atoms with Crippen LogP contribution in [-0.2, 0) is 25.5 Å². The van der Waals surface area contributed by atoms with E-state index in [9.17, 15) is 9.59 Å². The summed E-state index contributed by atoms with van der Waals surface area (Å²) in [6.07, 6.45) is 0.702. The molecular formula is C19H19ClO4S. The van der Waals surface area contributed by atoms with E-state index in [1.165, 1.54) is 14.2 Å². The molecular weight excluding hydrogens is 360 g/mol. The van der Waals surface area contributed by atoms with E-state index < -0.39 is 22.4 Å². The first kappa shape index (κ1) is 19.2. The number of esters is 2. The molecule has 0 saturated carbocycles. The van der Waals surface area contributed by atoms with Crippen LogP contribution in [0.2, 0.25) is 5.02 Å². The zero-order valence-electron chi connectivity index (χ0n) is 14.0. The summed E-state index contributed by atoms with van der Waals surface area (Å²) < 4.78 is 9.63. The van der Waals surface area contributed by atoms with Gasteiger partial charge in [0.2, 0.25) is 0 Å². The quantitative estimate of drug-likeness (QED) is 0.436. The van der Waals surface area contributed by atoms with E-state index in [0.717, 1.165) is 10.5 Å². The van der Waals surface area contributed by atoms with Crippen molar-refractivity contribution in [2.24, 2.45) is 0 Å². The van der Waals surface area contributed by atoms with E-state index in [1.807, 2.05) is 36.4 Å². The molecule has 0 aliphatic heterocycles. The molecule has 0 bridgehead atoms. The fourth-order valence-electron chi connectivity index (χ4n) is 2.29. The van der Waals surface area contributed by atoms with E-state index in [2.05, 4.69) is 0 Å². The lowest BCUT2D eigenvalue weighted by Crippen LogP contribution is -2.27. The van der Waals surface area contributed by atoms with Crippen molar-refractivity contribution in [3.8, 4) is 0 Å². The van der Waals surface area contributed by atoms with Gasteiger partial charge in [-0.25, -0.2) is 9.59 Å². The lowest BCUT2D eigenvalue weighted by molar-refractivity contribution is -0.137. The van der Waals surface area contributed by atoms with E-state index >= 15 is 0 Å². The first-order chi connectivity index (χ1) is 12.1. The molecule has 0 spiro atoms. The predicted molar refractivity (Wildman–Crippen MR) is 101 cm³/mol. The van der Waals surface area contributed by atoms with Crippen molar-refractivity contribution in [3.05, 3.63) is 65.2 Å². The molecule has 2 aromatic carbocycles. The third kappa shape index (κ3) is 5.18. The Balaban J connectivity index is 2.51. The topological polar surface area (TPSA) is 52.6 Å². The van der Waals surface area contributed by atoms with Gasteiger partial charge in [0, 0.05) is 9.92 Å². The summed E-state index contributed by atoms with van der Waals surface area (Å²) >= 11 is 6.10. The van der Waals surface area contributed by atoms with Crippen LogP contribution in [0.15, 0.2) is 59.5 Å². The second kappa shape index (κ2) is 9.39. The molecule has 0 aliphatic rings. The zero-order chi connectivity index (χ0) is 18.2. The SMILES string of the molecule is COC(=O)C(C(=O)OC)=S(CCc1ccccc1)c1cccc(Cl)c1. The predicted octanol–water partition coefficient (Wildman–Crippen LogP) is 3.73. The highest BCUT2D eigenvalue weighted by atomic mass is 35.5. The number of carbonyl (C=O) groups excluding carboxylic acids is 2. The van der Waals surface area contributed by atoms with Crippen molar-refractivity contribution in [1.29, 1.82) is 0 Å². The maximum Gasteiger partial charge on any atom is 0.351 e. The lowest BCUT2D eigenvalue weighted by atomic mass is 10.2. The Kier molecular flexibility index (Phi) is 7.22. The number of carbonyl (C=O) groups is 2. The Morgan fingerprint density at radius 2 is 1.60 bits per heavy atom. The van der Waals surface area contributed by atoms with Crippen LogP contribution in [0.4, 0.5) is 0 Å². The zero-order valence-corrected chi connectivity index (χ0v) is 15.6.